The van der Waals surface area contributed by atoms with Gasteiger partial charge in [0.2, 0.25) is 5.91 Å². The minimum atomic E-state index is -3.91. The number of hydrogen-bond donors (Lipinski definition) is 3. The molecule has 2 saturated heterocycles. The van der Waals surface area contributed by atoms with E-state index in [9.17, 15) is 22.7 Å². The number of carbonyl (C=O) groups excluding carboxylic acids is 1. The van der Waals surface area contributed by atoms with Crippen molar-refractivity contribution in [3.05, 3.63) is 53.8 Å². The van der Waals surface area contributed by atoms with Crippen LogP contribution in [-0.4, -0.2) is 75.4 Å². The summed E-state index contributed by atoms with van der Waals surface area (Å²) in [6.45, 7) is 3.31. The van der Waals surface area contributed by atoms with Crippen molar-refractivity contribution in [3.8, 4) is 5.75 Å². The number of likely N-dealkylation sites (tertiary alicyclic amines) is 1. The first kappa shape index (κ1) is 26.9. The Morgan fingerprint density at radius 1 is 1.11 bits per heavy atom. The van der Waals surface area contributed by atoms with E-state index in [2.05, 4.69) is 14.9 Å². The van der Waals surface area contributed by atoms with Gasteiger partial charge in [0.15, 0.2) is 0 Å². The summed E-state index contributed by atoms with van der Waals surface area (Å²) in [4.78, 5) is 15.0. The molecule has 0 aromatic heterocycles. The molecule has 0 spiro atoms. The number of benzene rings is 2. The van der Waals surface area contributed by atoms with Gasteiger partial charge in [0.1, 0.15) is 23.8 Å². The number of sulfonamides is 1. The topological polar surface area (TPSA) is 117 Å². The predicted octanol–water partition coefficient (Wildman–Crippen LogP) is 2.61. The van der Waals surface area contributed by atoms with E-state index in [4.69, 9.17) is 9.47 Å². The van der Waals surface area contributed by atoms with Gasteiger partial charge in [-0.05, 0) is 74.8 Å². The molecule has 3 aliphatic rings. The lowest BCUT2D eigenvalue weighted by atomic mass is 9.84. The van der Waals surface area contributed by atoms with Crippen LogP contribution in [0.4, 0.5) is 10.1 Å². The van der Waals surface area contributed by atoms with Crippen molar-refractivity contribution in [2.75, 3.05) is 37.5 Å². The molecule has 4 atom stereocenters. The summed E-state index contributed by atoms with van der Waals surface area (Å²) in [6.07, 6.45) is 2.90. The molecule has 3 N–H and O–H groups in total. The molecule has 2 aromatic carbocycles. The van der Waals surface area contributed by atoms with Crippen LogP contribution in [0.1, 0.15) is 43.6 Å². The smallest absolute Gasteiger partial charge is 0.261 e. The molecule has 0 bridgehead atoms. The number of aliphatic hydroxyl groups is 1. The monoisotopic (exact) mass is 547 g/mol. The lowest BCUT2D eigenvalue weighted by Gasteiger charge is -2.37. The number of nitrogens with one attached hydrogen (secondary N) is 2. The maximum absolute atomic E-state index is 13.2. The summed E-state index contributed by atoms with van der Waals surface area (Å²) < 4.78 is 53.5. The van der Waals surface area contributed by atoms with Gasteiger partial charge in [-0.15, -0.1) is 0 Å². The summed E-state index contributed by atoms with van der Waals surface area (Å²) in [5.74, 6) is -0.189. The second-order valence-electron chi connectivity index (χ2n) is 10.2. The van der Waals surface area contributed by atoms with Crippen LogP contribution in [-0.2, 0) is 19.6 Å². The lowest BCUT2D eigenvalue weighted by molar-refractivity contribution is -0.142. The standard InChI is InChI=1S/C27H34FN3O6S/c28-18-4-7-21(8-5-18)38(34,35)30-19-6-9-24-22(14-19)23-15-20(36-25(17-32)27(23)37-24)16-26(33)29-10-13-31-11-2-1-3-12-31/h4-9,14,20,23,25,27,30,32H,1-3,10-13,15-17H2,(H,29,33)/t20-,23-,25-,27+/m1/s1. The van der Waals surface area contributed by atoms with Gasteiger partial charge in [0.05, 0.1) is 24.0 Å². The Kier molecular flexibility index (Phi) is 8.18. The highest BCUT2D eigenvalue weighted by molar-refractivity contribution is 7.92. The Labute approximate surface area is 222 Å². The Bertz CT molecular complexity index is 1240. The number of rotatable bonds is 9. The van der Waals surface area contributed by atoms with Crippen LogP contribution in [0.15, 0.2) is 47.4 Å². The van der Waals surface area contributed by atoms with Crippen LogP contribution < -0.4 is 14.8 Å². The van der Waals surface area contributed by atoms with Gasteiger partial charge < -0.3 is 24.8 Å². The van der Waals surface area contributed by atoms with E-state index in [-0.39, 0.29) is 29.7 Å². The summed E-state index contributed by atoms with van der Waals surface area (Å²) in [5.41, 5.74) is 1.14. The summed E-state index contributed by atoms with van der Waals surface area (Å²) >= 11 is 0. The second kappa shape index (κ2) is 11.6. The number of amides is 1. The Morgan fingerprint density at radius 2 is 1.87 bits per heavy atom. The summed E-state index contributed by atoms with van der Waals surface area (Å²) in [7, 11) is -3.91. The van der Waals surface area contributed by atoms with E-state index in [1.54, 1.807) is 18.2 Å². The fraction of sp³-hybridized carbons (Fsp3) is 0.519. The first-order chi connectivity index (χ1) is 18.3. The maximum Gasteiger partial charge on any atom is 0.261 e. The van der Waals surface area contributed by atoms with Crippen LogP contribution in [0.2, 0.25) is 0 Å². The molecule has 38 heavy (non-hydrogen) atoms. The number of fused-ring (bicyclic) bond motifs is 3. The zero-order valence-corrected chi connectivity index (χ0v) is 22.0. The van der Waals surface area contributed by atoms with E-state index < -0.39 is 34.2 Å². The van der Waals surface area contributed by atoms with Crippen LogP contribution in [0.3, 0.4) is 0 Å². The van der Waals surface area contributed by atoms with Crippen LogP contribution in [0.5, 0.6) is 5.75 Å². The van der Waals surface area contributed by atoms with E-state index in [1.807, 2.05) is 0 Å². The molecule has 3 aliphatic heterocycles. The van der Waals surface area contributed by atoms with Crippen molar-refractivity contribution < 1.29 is 32.2 Å². The quantitative estimate of drug-likeness (QED) is 0.442. The molecule has 2 fully saturated rings. The van der Waals surface area contributed by atoms with E-state index >= 15 is 0 Å². The number of halogens is 1. The number of nitrogens with zero attached hydrogens (tertiary/aromatic N) is 1. The largest absolute Gasteiger partial charge is 0.487 e. The summed E-state index contributed by atoms with van der Waals surface area (Å²) in [6, 6.07) is 9.60. The molecule has 2 aromatic rings. The third-order valence-electron chi connectivity index (χ3n) is 7.49. The molecular weight excluding hydrogens is 513 g/mol. The van der Waals surface area contributed by atoms with Gasteiger partial charge >= 0.3 is 0 Å². The Morgan fingerprint density at radius 3 is 2.61 bits per heavy atom. The minimum absolute atomic E-state index is 0.0497. The van der Waals surface area contributed by atoms with Crippen molar-refractivity contribution in [2.24, 2.45) is 0 Å². The van der Waals surface area contributed by atoms with Gasteiger partial charge in [-0.3, -0.25) is 9.52 Å². The van der Waals surface area contributed by atoms with Crippen molar-refractivity contribution in [3.63, 3.8) is 0 Å². The number of piperidine rings is 1. The molecule has 0 saturated carbocycles. The molecule has 0 aliphatic carbocycles. The predicted molar refractivity (Wildman–Crippen MR) is 139 cm³/mol. The lowest BCUT2D eigenvalue weighted by Crippen LogP contribution is -2.47. The first-order valence-corrected chi connectivity index (χ1v) is 14.6. The summed E-state index contributed by atoms with van der Waals surface area (Å²) in [5, 5.41) is 13.0. The molecule has 3 heterocycles. The van der Waals surface area contributed by atoms with Gasteiger partial charge in [0, 0.05) is 30.3 Å². The van der Waals surface area contributed by atoms with Crippen LogP contribution >= 0.6 is 0 Å². The van der Waals surface area contributed by atoms with Crippen molar-refractivity contribution in [1.82, 2.24) is 10.2 Å². The van der Waals surface area contributed by atoms with Gasteiger partial charge in [0.25, 0.3) is 10.0 Å². The maximum atomic E-state index is 13.2. The average molecular weight is 548 g/mol. The van der Waals surface area contributed by atoms with Crippen LogP contribution in [0.25, 0.3) is 0 Å². The molecule has 11 heteroatoms. The normalized spacial score (nSPS) is 25.2. The number of carbonyl (C=O) groups is 1. The molecule has 9 nitrogen and oxygen atoms in total. The molecule has 206 valence electrons. The highest BCUT2D eigenvalue weighted by Crippen LogP contribution is 2.47. The fourth-order valence-corrected chi connectivity index (χ4v) is 6.65. The van der Waals surface area contributed by atoms with Gasteiger partial charge in [-0.1, -0.05) is 6.42 Å². The molecule has 0 radical (unpaired) electrons. The van der Waals surface area contributed by atoms with Crippen molar-refractivity contribution >= 4 is 21.6 Å². The molecule has 1 amide bonds. The SMILES string of the molecule is O=C(C[C@H]1C[C@@H]2c3cc(NS(=O)(=O)c4ccc(F)cc4)ccc3O[C@@H]2[C@@H](CO)O1)NCCN1CCCCC1. The Hall–Kier alpha value is -2.73. The highest BCUT2D eigenvalue weighted by Gasteiger charge is 2.46. The van der Waals surface area contributed by atoms with E-state index in [1.165, 1.54) is 31.4 Å². The van der Waals surface area contributed by atoms with E-state index in [0.717, 1.165) is 37.3 Å². The number of aliphatic hydroxyl groups excluding tert-OH is 1. The van der Waals surface area contributed by atoms with Gasteiger partial charge in [-0.2, -0.15) is 0 Å². The molecular formula is C27H34FN3O6S. The zero-order chi connectivity index (χ0) is 26.7. The minimum Gasteiger partial charge on any atom is -0.487 e. The van der Waals surface area contributed by atoms with E-state index in [0.29, 0.717) is 24.4 Å². The highest BCUT2D eigenvalue weighted by atomic mass is 32.2. The van der Waals surface area contributed by atoms with Crippen molar-refractivity contribution in [2.45, 2.75) is 61.2 Å². The van der Waals surface area contributed by atoms with Crippen molar-refractivity contribution in [1.29, 1.82) is 0 Å². The average Bonchev–Trinajstić information content (AvgIpc) is 3.27. The number of anilines is 1. The van der Waals surface area contributed by atoms with Gasteiger partial charge in [-0.25, -0.2) is 12.8 Å². The Balaban J connectivity index is 1.23. The third kappa shape index (κ3) is 6.12. The van der Waals surface area contributed by atoms with Crippen LogP contribution in [0, 0.1) is 5.82 Å². The zero-order valence-electron chi connectivity index (χ0n) is 21.1. The third-order valence-corrected chi connectivity index (χ3v) is 8.88. The fourth-order valence-electron chi connectivity index (χ4n) is 5.60. The number of ether oxygens (including phenoxy) is 2. The first-order valence-electron chi connectivity index (χ1n) is 13.2. The second-order valence-corrected chi connectivity index (χ2v) is 11.9. The molecule has 0 unspecified atom stereocenters. The number of hydrogen-bond acceptors (Lipinski definition) is 7. The molecule has 5 rings (SSSR count).